The molecule has 102 valence electrons. The molecule has 0 aliphatic carbocycles. The molecule has 18 heavy (non-hydrogen) atoms. The molecule has 2 heterocycles. The first-order chi connectivity index (χ1) is 8.68. The molecular weight excluding hydrogens is 226 g/mol. The maximum atomic E-state index is 11.9. The van der Waals surface area contributed by atoms with Gasteiger partial charge in [0, 0.05) is 31.2 Å². The molecular formula is C14H25N3O. The summed E-state index contributed by atoms with van der Waals surface area (Å²) < 4.78 is 0. The zero-order chi connectivity index (χ0) is 13.0. The van der Waals surface area contributed by atoms with Crippen LogP contribution in [0.3, 0.4) is 0 Å². The molecule has 0 aromatic carbocycles. The second-order valence-corrected chi connectivity index (χ2v) is 5.49. The molecule has 0 radical (unpaired) electrons. The molecule has 2 saturated heterocycles. The molecule has 0 saturated carbocycles. The van der Waals surface area contributed by atoms with Gasteiger partial charge in [0.2, 0.25) is 5.91 Å². The molecule has 4 heteroatoms. The van der Waals surface area contributed by atoms with E-state index in [1.54, 1.807) is 0 Å². The summed E-state index contributed by atoms with van der Waals surface area (Å²) in [6, 6.07) is 0.451. The number of hydrogen-bond acceptors (Lipinski definition) is 3. The van der Waals surface area contributed by atoms with Crippen LogP contribution in [0.4, 0.5) is 0 Å². The van der Waals surface area contributed by atoms with Crippen LogP contribution in [0.5, 0.6) is 0 Å². The van der Waals surface area contributed by atoms with Crippen LogP contribution in [0.1, 0.15) is 33.1 Å². The Morgan fingerprint density at radius 2 is 2.00 bits per heavy atom. The summed E-state index contributed by atoms with van der Waals surface area (Å²) in [7, 11) is 0. The highest BCUT2D eigenvalue weighted by Crippen LogP contribution is 2.12. The van der Waals surface area contributed by atoms with Gasteiger partial charge in [0.15, 0.2) is 0 Å². The lowest BCUT2D eigenvalue weighted by Gasteiger charge is -2.32. The van der Waals surface area contributed by atoms with Gasteiger partial charge in [-0.3, -0.25) is 9.69 Å². The van der Waals surface area contributed by atoms with Crippen molar-refractivity contribution in [1.29, 1.82) is 0 Å². The predicted octanol–water partition coefficient (Wildman–Crippen LogP) is 0.897. The fourth-order valence-electron chi connectivity index (χ4n) is 2.54. The summed E-state index contributed by atoms with van der Waals surface area (Å²) in [6.45, 7) is 9.01. The Kier molecular flexibility index (Phi) is 4.78. The van der Waals surface area contributed by atoms with Crippen LogP contribution in [-0.2, 0) is 4.79 Å². The number of hydrogen-bond donors (Lipinski definition) is 2. The van der Waals surface area contributed by atoms with Gasteiger partial charge in [0.1, 0.15) is 0 Å². The number of rotatable bonds is 4. The van der Waals surface area contributed by atoms with Crippen LogP contribution in [0.2, 0.25) is 0 Å². The first-order valence-corrected chi connectivity index (χ1v) is 7.10. The average Bonchev–Trinajstić information content (AvgIpc) is 2.34. The standard InChI is InChI=1S/C14H25N3O/c1-11(17-6-4-3-5-7-17)8-16-14(18)12(2)13-9-15-10-13/h11,15H,3-10H2,1-2H3,(H,16,18). The number of likely N-dealkylation sites (tertiary alicyclic amines) is 1. The molecule has 0 aromatic heterocycles. The van der Waals surface area contributed by atoms with Crippen LogP contribution >= 0.6 is 0 Å². The lowest BCUT2D eigenvalue weighted by molar-refractivity contribution is -0.117. The molecule has 2 N–H and O–H groups in total. The van der Waals surface area contributed by atoms with Crippen molar-refractivity contribution in [2.75, 3.05) is 32.7 Å². The highest BCUT2D eigenvalue weighted by atomic mass is 16.1. The Bertz CT molecular complexity index is 326. The summed E-state index contributed by atoms with van der Waals surface area (Å²) >= 11 is 0. The zero-order valence-electron chi connectivity index (χ0n) is 11.6. The molecule has 1 atom stereocenters. The number of carbonyl (C=O) groups is 1. The van der Waals surface area contributed by atoms with Crippen LogP contribution in [0, 0.1) is 0 Å². The second-order valence-electron chi connectivity index (χ2n) is 5.49. The predicted molar refractivity (Wildman–Crippen MR) is 73.5 cm³/mol. The van der Waals surface area contributed by atoms with Crippen molar-refractivity contribution in [3.8, 4) is 0 Å². The maximum absolute atomic E-state index is 11.9. The fraction of sp³-hybridized carbons (Fsp3) is 0.786. The Labute approximate surface area is 110 Å². The van der Waals surface area contributed by atoms with E-state index in [0.717, 1.165) is 25.2 Å². The number of amides is 1. The van der Waals surface area contributed by atoms with Crippen molar-refractivity contribution in [2.24, 2.45) is 0 Å². The summed E-state index contributed by atoms with van der Waals surface area (Å²) in [4.78, 5) is 14.4. The van der Waals surface area contributed by atoms with Crippen molar-refractivity contribution in [2.45, 2.75) is 39.2 Å². The Balaban J connectivity index is 1.74. The van der Waals surface area contributed by atoms with Crippen molar-refractivity contribution in [3.05, 3.63) is 11.1 Å². The van der Waals surface area contributed by atoms with Crippen molar-refractivity contribution in [1.82, 2.24) is 15.5 Å². The highest BCUT2D eigenvalue weighted by Gasteiger charge is 2.19. The molecule has 2 aliphatic rings. The summed E-state index contributed by atoms with van der Waals surface area (Å²) in [5.41, 5.74) is 2.15. The van der Waals surface area contributed by atoms with Gasteiger partial charge in [-0.15, -0.1) is 0 Å². The third-order valence-corrected chi connectivity index (χ3v) is 4.12. The Morgan fingerprint density at radius 1 is 1.33 bits per heavy atom. The summed E-state index contributed by atoms with van der Waals surface area (Å²) in [5, 5.41) is 6.23. The normalized spacial score (nSPS) is 22.2. The number of nitrogens with zero attached hydrogens (tertiary/aromatic N) is 1. The van der Waals surface area contributed by atoms with E-state index in [2.05, 4.69) is 22.5 Å². The van der Waals surface area contributed by atoms with E-state index in [1.165, 1.54) is 37.9 Å². The maximum Gasteiger partial charge on any atom is 0.247 e. The van der Waals surface area contributed by atoms with Crippen LogP contribution in [-0.4, -0.2) is 49.6 Å². The third kappa shape index (κ3) is 3.33. The lowest BCUT2D eigenvalue weighted by Crippen LogP contribution is -2.45. The largest absolute Gasteiger partial charge is 0.351 e. The molecule has 1 unspecified atom stereocenters. The number of carbonyl (C=O) groups excluding carboxylic acids is 1. The summed E-state index contributed by atoms with van der Waals surface area (Å²) in [6.07, 6.45) is 3.95. The van der Waals surface area contributed by atoms with Crippen molar-refractivity contribution >= 4 is 5.91 Å². The number of nitrogens with one attached hydrogen (secondary N) is 2. The van der Waals surface area contributed by atoms with E-state index >= 15 is 0 Å². The van der Waals surface area contributed by atoms with Crippen LogP contribution in [0.25, 0.3) is 0 Å². The number of piperidine rings is 1. The molecule has 2 rings (SSSR count). The molecule has 4 nitrogen and oxygen atoms in total. The van der Waals surface area contributed by atoms with Crippen molar-refractivity contribution < 1.29 is 4.79 Å². The Hall–Kier alpha value is -0.870. The van der Waals surface area contributed by atoms with E-state index in [0.29, 0.717) is 6.04 Å². The quantitative estimate of drug-likeness (QED) is 0.730. The van der Waals surface area contributed by atoms with Gasteiger partial charge in [0.05, 0.1) is 0 Å². The molecule has 2 aliphatic heterocycles. The van der Waals surface area contributed by atoms with E-state index in [1.807, 2.05) is 6.92 Å². The average molecular weight is 251 g/mol. The third-order valence-electron chi connectivity index (χ3n) is 4.12. The molecule has 0 aromatic rings. The molecule has 2 fully saturated rings. The molecule has 1 amide bonds. The second kappa shape index (κ2) is 6.34. The topological polar surface area (TPSA) is 44.4 Å². The van der Waals surface area contributed by atoms with Crippen LogP contribution < -0.4 is 10.6 Å². The minimum atomic E-state index is 0.107. The van der Waals surface area contributed by atoms with Gasteiger partial charge in [-0.05, 0) is 45.4 Å². The van der Waals surface area contributed by atoms with Crippen LogP contribution in [0.15, 0.2) is 11.1 Å². The summed E-state index contributed by atoms with van der Waals surface area (Å²) in [5.74, 6) is 0.107. The van der Waals surface area contributed by atoms with Gasteiger partial charge in [-0.1, -0.05) is 6.42 Å². The van der Waals surface area contributed by atoms with Gasteiger partial charge >= 0.3 is 0 Å². The van der Waals surface area contributed by atoms with Gasteiger partial charge < -0.3 is 10.6 Å². The zero-order valence-corrected chi connectivity index (χ0v) is 11.6. The van der Waals surface area contributed by atoms with E-state index < -0.39 is 0 Å². The first-order valence-electron chi connectivity index (χ1n) is 7.10. The fourth-order valence-corrected chi connectivity index (χ4v) is 2.54. The highest BCUT2D eigenvalue weighted by molar-refractivity contribution is 5.93. The van der Waals surface area contributed by atoms with E-state index in [4.69, 9.17) is 0 Å². The monoisotopic (exact) mass is 251 g/mol. The Morgan fingerprint density at radius 3 is 2.56 bits per heavy atom. The van der Waals surface area contributed by atoms with E-state index in [9.17, 15) is 4.79 Å². The van der Waals surface area contributed by atoms with Gasteiger partial charge in [-0.2, -0.15) is 0 Å². The smallest absolute Gasteiger partial charge is 0.247 e. The van der Waals surface area contributed by atoms with Gasteiger partial charge in [0.25, 0.3) is 0 Å². The lowest BCUT2D eigenvalue weighted by atomic mass is 10.0. The minimum absolute atomic E-state index is 0.107. The van der Waals surface area contributed by atoms with Crippen molar-refractivity contribution in [3.63, 3.8) is 0 Å². The van der Waals surface area contributed by atoms with Gasteiger partial charge in [-0.25, -0.2) is 0 Å². The minimum Gasteiger partial charge on any atom is -0.351 e. The van der Waals surface area contributed by atoms with E-state index in [-0.39, 0.29) is 5.91 Å². The first kappa shape index (κ1) is 13.6. The molecule has 0 spiro atoms. The SMILES string of the molecule is CC(C(=O)NCC(C)N1CCCCC1)=C1CNC1. The molecule has 0 bridgehead atoms.